The van der Waals surface area contributed by atoms with Crippen LogP contribution in [-0.4, -0.2) is 25.6 Å². The van der Waals surface area contributed by atoms with E-state index in [4.69, 9.17) is 23.8 Å². The summed E-state index contributed by atoms with van der Waals surface area (Å²) in [5.41, 5.74) is 5.58. The minimum absolute atomic E-state index is 0.0873. The third-order valence-corrected chi connectivity index (χ3v) is 7.89. The van der Waals surface area contributed by atoms with Gasteiger partial charge in [0.2, 0.25) is 5.91 Å². The second kappa shape index (κ2) is 10.2. The number of carbonyl (C=O) groups is 1. The first kappa shape index (κ1) is 25.4. The highest BCUT2D eigenvalue weighted by atomic mass is 35.5. The van der Waals surface area contributed by atoms with Gasteiger partial charge in [-0.1, -0.05) is 31.5 Å². The van der Waals surface area contributed by atoms with Gasteiger partial charge in [0.1, 0.15) is 0 Å². The van der Waals surface area contributed by atoms with Crippen molar-refractivity contribution in [1.82, 2.24) is 19.9 Å². The van der Waals surface area contributed by atoms with Crippen molar-refractivity contribution in [2.75, 3.05) is 10.2 Å². The number of benzene rings is 1. The van der Waals surface area contributed by atoms with Crippen molar-refractivity contribution in [1.29, 1.82) is 0 Å². The zero-order valence-electron chi connectivity index (χ0n) is 20.9. The molecule has 190 valence electrons. The van der Waals surface area contributed by atoms with Crippen molar-refractivity contribution in [3.63, 3.8) is 0 Å². The van der Waals surface area contributed by atoms with E-state index in [0.717, 1.165) is 33.5 Å². The predicted octanol–water partition coefficient (Wildman–Crippen LogP) is 6.37. The van der Waals surface area contributed by atoms with Crippen LogP contribution < -0.4 is 15.5 Å². The molecule has 2 atom stereocenters. The molecular formula is C27H27ClN6OS2. The second-order valence-corrected chi connectivity index (χ2v) is 10.9. The molecular weight excluding hydrogens is 524 g/mol. The fourth-order valence-electron chi connectivity index (χ4n) is 4.69. The summed E-state index contributed by atoms with van der Waals surface area (Å²) in [6.45, 7) is 7.88. The molecule has 0 aliphatic carbocycles. The van der Waals surface area contributed by atoms with Gasteiger partial charge in [0.25, 0.3) is 0 Å². The molecule has 1 aromatic carbocycles. The molecule has 0 saturated carbocycles. The van der Waals surface area contributed by atoms with Crippen molar-refractivity contribution in [2.24, 2.45) is 5.92 Å². The van der Waals surface area contributed by atoms with E-state index in [1.54, 1.807) is 17.5 Å². The first-order chi connectivity index (χ1) is 17.8. The van der Waals surface area contributed by atoms with Crippen LogP contribution in [0, 0.1) is 19.8 Å². The van der Waals surface area contributed by atoms with Gasteiger partial charge in [0.05, 0.1) is 28.5 Å². The van der Waals surface area contributed by atoms with Gasteiger partial charge >= 0.3 is 0 Å². The summed E-state index contributed by atoms with van der Waals surface area (Å²) in [5.74, 6) is -0.238. The van der Waals surface area contributed by atoms with Crippen molar-refractivity contribution < 1.29 is 4.79 Å². The van der Waals surface area contributed by atoms with Gasteiger partial charge in [-0.25, -0.2) is 4.98 Å². The maximum atomic E-state index is 12.2. The maximum absolute atomic E-state index is 12.2. The van der Waals surface area contributed by atoms with Crippen LogP contribution in [0.25, 0.3) is 5.13 Å². The highest BCUT2D eigenvalue weighted by Gasteiger charge is 2.42. The molecule has 1 amide bonds. The maximum Gasteiger partial charge on any atom is 0.226 e. The monoisotopic (exact) mass is 550 g/mol. The Labute approximate surface area is 230 Å². The zero-order valence-corrected chi connectivity index (χ0v) is 23.3. The lowest BCUT2D eigenvalue weighted by molar-refractivity contribution is -0.118. The van der Waals surface area contributed by atoms with Crippen LogP contribution >= 0.6 is 35.2 Å². The lowest BCUT2D eigenvalue weighted by Gasteiger charge is -2.28. The number of aromatic nitrogens is 3. The van der Waals surface area contributed by atoms with E-state index in [1.807, 2.05) is 61.8 Å². The summed E-state index contributed by atoms with van der Waals surface area (Å²) >= 11 is 14.1. The predicted molar refractivity (Wildman–Crippen MR) is 154 cm³/mol. The molecule has 3 aromatic heterocycles. The van der Waals surface area contributed by atoms with Gasteiger partial charge in [-0.3, -0.25) is 14.3 Å². The molecule has 1 aliphatic rings. The van der Waals surface area contributed by atoms with Gasteiger partial charge in [-0.15, -0.1) is 11.3 Å². The molecule has 0 bridgehead atoms. The number of nitrogens with zero attached hydrogens (tertiary/aromatic N) is 4. The zero-order chi connectivity index (χ0) is 26.3. The molecule has 0 spiro atoms. The molecule has 2 N–H and O–H groups in total. The quantitative estimate of drug-likeness (QED) is 0.272. The van der Waals surface area contributed by atoms with Crippen molar-refractivity contribution in [3.05, 3.63) is 87.9 Å². The number of hydrogen-bond acceptors (Lipinski definition) is 5. The van der Waals surface area contributed by atoms with Gasteiger partial charge < -0.3 is 15.5 Å². The molecule has 5 rings (SSSR count). The van der Waals surface area contributed by atoms with Crippen molar-refractivity contribution in [3.8, 4) is 5.13 Å². The number of thiocarbonyl (C=S) groups is 1. The summed E-state index contributed by atoms with van der Waals surface area (Å²) in [7, 11) is 0. The highest BCUT2D eigenvalue weighted by molar-refractivity contribution is 7.80. The molecule has 1 fully saturated rings. The van der Waals surface area contributed by atoms with E-state index in [9.17, 15) is 4.79 Å². The topological polar surface area (TPSA) is 75.1 Å². The van der Waals surface area contributed by atoms with E-state index >= 15 is 0 Å². The Kier molecular flexibility index (Phi) is 7.02. The molecule has 7 nitrogen and oxygen atoms in total. The van der Waals surface area contributed by atoms with Crippen LogP contribution in [0.1, 0.15) is 48.6 Å². The smallest absolute Gasteiger partial charge is 0.226 e. The molecule has 1 saturated heterocycles. The number of halogens is 1. The first-order valence-corrected chi connectivity index (χ1v) is 13.6. The molecule has 0 unspecified atom stereocenters. The number of pyridine rings is 1. The Balaban J connectivity index is 1.61. The number of thiazole rings is 1. The molecule has 0 radical (unpaired) electrons. The number of carbonyl (C=O) groups excluding carboxylic acids is 1. The van der Waals surface area contributed by atoms with E-state index in [0.29, 0.717) is 15.8 Å². The van der Waals surface area contributed by atoms with E-state index in [1.165, 1.54) is 0 Å². The Morgan fingerprint density at radius 2 is 1.97 bits per heavy atom. The van der Waals surface area contributed by atoms with Crippen molar-refractivity contribution in [2.45, 2.75) is 39.8 Å². The van der Waals surface area contributed by atoms with Crippen LogP contribution in [0.2, 0.25) is 5.02 Å². The molecule has 1 aliphatic heterocycles. The Morgan fingerprint density at radius 1 is 1.16 bits per heavy atom. The molecule has 4 heterocycles. The Morgan fingerprint density at radius 3 is 2.62 bits per heavy atom. The van der Waals surface area contributed by atoms with Gasteiger partial charge in [0.15, 0.2) is 10.2 Å². The number of hydrogen-bond donors (Lipinski definition) is 2. The van der Waals surface area contributed by atoms with Gasteiger partial charge in [-0.05, 0) is 68.0 Å². The average molecular weight is 551 g/mol. The molecule has 10 heteroatoms. The third kappa shape index (κ3) is 4.74. The molecule has 37 heavy (non-hydrogen) atoms. The number of aryl methyl sites for hydroxylation is 1. The summed E-state index contributed by atoms with van der Waals surface area (Å²) < 4.78 is 2.17. The van der Waals surface area contributed by atoms with E-state index in [2.05, 4.69) is 50.0 Å². The van der Waals surface area contributed by atoms with E-state index < -0.39 is 0 Å². The Bertz CT molecular complexity index is 1450. The molecule has 4 aromatic rings. The summed E-state index contributed by atoms with van der Waals surface area (Å²) in [5, 5.41) is 10.3. The van der Waals surface area contributed by atoms with Crippen LogP contribution in [0.15, 0.2) is 60.2 Å². The number of nitrogens with one attached hydrogen (secondary N) is 2. The SMILES string of the molecule is Cc1cc([C@H]2[C@H](c3ccccn3)NC(=S)N2c2ccc(NC(=O)C(C)C)c(Cl)c2)c(C)n1-c1nccs1. The third-order valence-electron chi connectivity index (χ3n) is 6.51. The standard InChI is InChI=1S/C27H27ClN6OS2/c1-15(2)25(35)31-21-9-8-18(14-20(21)28)34-24(23(32-26(34)36)22-7-5-6-10-29-22)19-13-16(3)33(17(19)4)27-30-11-12-37-27/h5-15,23-24H,1-4H3,(H,31,35)(H,32,36)/t23-,24-/m0/s1. The fraction of sp³-hybridized carbons (Fsp3) is 0.259. The van der Waals surface area contributed by atoms with Crippen LogP contribution in [0.5, 0.6) is 0 Å². The Hall–Kier alpha value is -3.27. The average Bonchev–Trinajstić information content (AvgIpc) is 3.58. The highest BCUT2D eigenvalue weighted by Crippen LogP contribution is 2.44. The largest absolute Gasteiger partial charge is 0.351 e. The first-order valence-electron chi connectivity index (χ1n) is 12.0. The summed E-state index contributed by atoms with van der Waals surface area (Å²) in [6.07, 6.45) is 3.61. The lowest BCUT2D eigenvalue weighted by atomic mass is 9.96. The number of amides is 1. The van der Waals surface area contributed by atoms with Crippen LogP contribution in [0.3, 0.4) is 0 Å². The lowest BCUT2D eigenvalue weighted by Crippen LogP contribution is -2.29. The van der Waals surface area contributed by atoms with Crippen LogP contribution in [-0.2, 0) is 4.79 Å². The second-order valence-electron chi connectivity index (χ2n) is 9.28. The number of rotatable bonds is 6. The normalized spacial score (nSPS) is 17.4. The van der Waals surface area contributed by atoms with Gasteiger partial charge in [0, 0.05) is 40.8 Å². The van der Waals surface area contributed by atoms with Crippen molar-refractivity contribution >= 4 is 57.5 Å². The van der Waals surface area contributed by atoms with Gasteiger partial charge in [-0.2, -0.15) is 0 Å². The van der Waals surface area contributed by atoms with Crippen LogP contribution in [0.4, 0.5) is 11.4 Å². The summed E-state index contributed by atoms with van der Waals surface area (Å²) in [4.78, 5) is 23.5. The minimum atomic E-state index is -0.186. The summed E-state index contributed by atoms with van der Waals surface area (Å²) in [6, 6.07) is 13.3. The fourth-order valence-corrected chi connectivity index (χ4v) is 6.01. The van der Waals surface area contributed by atoms with E-state index in [-0.39, 0.29) is 23.9 Å². The number of anilines is 2. The minimum Gasteiger partial charge on any atom is -0.351 e.